The smallest absolute Gasteiger partial charge is 0.260 e. The lowest BCUT2D eigenvalue weighted by Crippen LogP contribution is -2.43. The first kappa shape index (κ1) is 14.8. The Morgan fingerprint density at radius 2 is 1.89 bits per heavy atom. The van der Waals surface area contributed by atoms with Gasteiger partial charge in [-0.15, -0.1) is 0 Å². The lowest BCUT2D eigenvalue weighted by atomic mass is 10.2. The molecule has 0 bridgehead atoms. The number of amides is 1. The van der Waals surface area contributed by atoms with E-state index in [1.54, 1.807) is 4.90 Å². The Labute approximate surface area is 129 Å². The summed E-state index contributed by atoms with van der Waals surface area (Å²) in [5.74, 6) is 0.648. The van der Waals surface area contributed by atoms with Crippen LogP contribution >= 0.6 is 31.9 Å². The molecule has 0 saturated carbocycles. The normalized spacial score (nSPS) is 15.4. The zero-order chi connectivity index (χ0) is 13.8. The monoisotopic (exact) mass is 391 g/mol. The summed E-state index contributed by atoms with van der Waals surface area (Å²) in [4.78, 5) is 13.7. The molecule has 6 heteroatoms. The molecule has 1 fully saturated rings. The molecule has 2 rings (SSSR count). The summed E-state index contributed by atoms with van der Waals surface area (Å²) < 4.78 is 12.5. The third-order valence-electron chi connectivity index (χ3n) is 2.85. The van der Waals surface area contributed by atoms with Gasteiger partial charge < -0.3 is 14.4 Å². The number of carbonyl (C=O) groups is 1. The fraction of sp³-hybridized carbons (Fsp3) is 0.462. The van der Waals surface area contributed by atoms with Crippen molar-refractivity contribution in [1.82, 2.24) is 4.90 Å². The van der Waals surface area contributed by atoms with Crippen molar-refractivity contribution in [1.29, 1.82) is 0 Å². The highest BCUT2D eigenvalue weighted by atomic mass is 79.9. The summed E-state index contributed by atoms with van der Waals surface area (Å²) in [5, 5.41) is 0. The van der Waals surface area contributed by atoms with Crippen molar-refractivity contribution in [3.8, 4) is 5.75 Å². The number of benzene rings is 1. The van der Waals surface area contributed by atoms with Crippen molar-refractivity contribution in [2.45, 2.75) is 6.92 Å². The molecule has 0 unspecified atom stereocenters. The quantitative estimate of drug-likeness (QED) is 0.793. The summed E-state index contributed by atoms with van der Waals surface area (Å²) in [6, 6.07) is 3.92. The molecule has 0 aromatic heterocycles. The number of nitrogens with zero attached hydrogens (tertiary/aromatic N) is 1. The van der Waals surface area contributed by atoms with E-state index in [2.05, 4.69) is 31.9 Å². The fourth-order valence-electron chi connectivity index (χ4n) is 1.86. The first-order valence-corrected chi connectivity index (χ1v) is 7.60. The third kappa shape index (κ3) is 3.94. The van der Waals surface area contributed by atoms with E-state index in [0.29, 0.717) is 32.1 Å². The number of rotatable bonds is 3. The van der Waals surface area contributed by atoms with Crippen LogP contribution in [0.5, 0.6) is 5.75 Å². The zero-order valence-electron chi connectivity index (χ0n) is 10.6. The summed E-state index contributed by atoms with van der Waals surface area (Å²) in [7, 11) is 0. The predicted octanol–water partition coefficient (Wildman–Crippen LogP) is 2.76. The van der Waals surface area contributed by atoms with E-state index in [-0.39, 0.29) is 12.5 Å². The molecule has 1 saturated heterocycles. The number of hydrogen-bond acceptors (Lipinski definition) is 3. The van der Waals surface area contributed by atoms with Gasteiger partial charge in [-0.05, 0) is 56.5 Å². The number of carbonyl (C=O) groups excluding carboxylic acids is 1. The SMILES string of the molecule is Cc1cc(Br)c(OCC(=O)N2CCOCC2)c(Br)c1. The van der Waals surface area contributed by atoms with Gasteiger partial charge in [-0.3, -0.25) is 4.79 Å². The van der Waals surface area contributed by atoms with Gasteiger partial charge in [-0.1, -0.05) is 0 Å². The van der Waals surface area contributed by atoms with Crippen LogP contribution in [0.4, 0.5) is 0 Å². The molecule has 1 aliphatic rings. The largest absolute Gasteiger partial charge is 0.481 e. The maximum atomic E-state index is 12.0. The fourth-order valence-corrected chi connectivity index (χ4v) is 3.51. The van der Waals surface area contributed by atoms with Crippen LogP contribution in [0.1, 0.15) is 5.56 Å². The predicted molar refractivity (Wildman–Crippen MR) is 79.5 cm³/mol. The van der Waals surface area contributed by atoms with Crippen LogP contribution in [0, 0.1) is 6.92 Å². The summed E-state index contributed by atoms with van der Waals surface area (Å²) in [6.07, 6.45) is 0. The van der Waals surface area contributed by atoms with Crippen LogP contribution in [0.3, 0.4) is 0 Å². The summed E-state index contributed by atoms with van der Waals surface area (Å²) in [6.45, 7) is 4.52. The molecule has 0 aliphatic carbocycles. The van der Waals surface area contributed by atoms with Crippen LogP contribution in [0.25, 0.3) is 0 Å². The van der Waals surface area contributed by atoms with E-state index in [4.69, 9.17) is 9.47 Å². The standard InChI is InChI=1S/C13H15Br2NO3/c1-9-6-10(14)13(11(15)7-9)19-8-12(17)16-2-4-18-5-3-16/h6-7H,2-5,8H2,1H3. The maximum Gasteiger partial charge on any atom is 0.260 e. The van der Waals surface area contributed by atoms with Crippen molar-refractivity contribution in [2.75, 3.05) is 32.9 Å². The minimum atomic E-state index is -0.0114. The number of hydrogen-bond donors (Lipinski definition) is 0. The molecule has 4 nitrogen and oxygen atoms in total. The van der Waals surface area contributed by atoms with Crippen molar-refractivity contribution in [2.24, 2.45) is 0 Å². The molecule has 19 heavy (non-hydrogen) atoms. The molecule has 0 N–H and O–H groups in total. The van der Waals surface area contributed by atoms with Gasteiger partial charge in [0.15, 0.2) is 6.61 Å². The Morgan fingerprint density at radius 3 is 2.47 bits per heavy atom. The van der Waals surface area contributed by atoms with Crippen molar-refractivity contribution in [3.05, 3.63) is 26.6 Å². The highest BCUT2D eigenvalue weighted by molar-refractivity contribution is 9.11. The zero-order valence-corrected chi connectivity index (χ0v) is 13.8. The summed E-state index contributed by atoms with van der Waals surface area (Å²) >= 11 is 6.89. The van der Waals surface area contributed by atoms with E-state index >= 15 is 0 Å². The molecule has 1 aliphatic heterocycles. The highest BCUT2D eigenvalue weighted by Crippen LogP contribution is 2.34. The second-order valence-electron chi connectivity index (χ2n) is 4.34. The van der Waals surface area contributed by atoms with E-state index < -0.39 is 0 Å². The average Bonchev–Trinajstić information content (AvgIpc) is 2.38. The minimum absolute atomic E-state index is 0.0114. The topological polar surface area (TPSA) is 38.8 Å². The van der Waals surface area contributed by atoms with Gasteiger partial charge in [0.25, 0.3) is 5.91 Å². The second-order valence-corrected chi connectivity index (χ2v) is 6.05. The van der Waals surface area contributed by atoms with Crippen LogP contribution < -0.4 is 4.74 Å². The van der Waals surface area contributed by atoms with Crippen LogP contribution in [-0.4, -0.2) is 43.7 Å². The molecular formula is C13H15Br2NO3. The van der Waals surface area contributed by atoms with E-state index in [9.17, 15) is 4.79 Å². The van der Waals surface area contributed by atoms with Crippen LogP contribution in [0.15, 0.2) is 21.1 Å². The Balaban J connectivity index is 1.96. The molecule has 1 amide bonds. The van der Waals surface area contributed by atoms with E-state index in [0.717, 1.165) is 14.5 Å². The Kier molecular flexibility index (Phi) is 5.24. The number of aryl methyl sites for hydroxylation is 1. The molecule has 1 aromatic carbocycles. The first-order chi connectivity index (χ1) is 9.08. The highest BCUT2D eigenvalue weighted by Gasteiger charge is 2.18. The Morgan fingerprint density at radius 1 is 1.32 bits per heavy atom. The average molecular weight is 393 g/mol. The van der Waals surface area contributed by atoms with Crippen LogP contribution in [-0.2, 0) is 9.53 Å². The minimum Gasteiger partial charge on any atom is -0.481 e. The summed E-state index contributed by atoms with van der Waals surface area (Å²) in [5.41, 5.74) is 1.12. The van der Waals surface area contributed by atoms with Gasteiger partial charge >= 0.3 is 0 Å². The van der Waals surface area contributed by atoms with Gasteiger partial charge in [0.05, 0.1) is 22.2 Å². The molecule has 0 radical (unpaired) electrons. The van der Waals surface area contributed by atoms with Gasteiger partial charge in [0, 0.05) is 13.1 Å². The van der Waals surface area contributed by atoms with Crippen molar-refractivity contribution < 1.29 is 14.3 Å². The third-order valence-corrected chi connectivity index (χ3v) is 4.02. The van der Waals surface area contributed by atoms with E-state index in [1.807, 2.05) is 19.1 Å². The van der Waals surface area contributed by atoms with Gasteiger partial charge in [-0.25, -0.2) is 0 Å². The Hall–Kier alpha value is -0.590. The number of morpholine rings is 1. The molecular weight excluding hydrogens is 378 g/mol. The van der Waals surface area contributed by atoms with Crippen LogP contribution in [0.2, 0.25) is 0 Å². The van der Waals surface area contributed by atoms with Crippen molar-refractivity contribution >= 4 is 37.8 Å². The lowest BCUT2D eigenvalue weighted by Gasteiger charge is -2.26. The van der Waals surface area contributed by atoms with Gasteiger partial charge in [-0.2, -0.15) is 0 Å². The second kappa shape index (κ2) is 6.72. The van der Waals surface area contributed by atoms with E-state index in [1.165, 1.54) is 0 Å². The number of halogens is 2. The van der Waals surface area contributed by atoms with Crippen molar-refractivity contribution in [3.63, 3.8) is 0 Å². The lowest BCUT2D eigenvalue weighted by molar-refractivity contribution is -0.137. The molecule has 1 heterocycles. The molecule has 0 spiro atoms. The molecule has 1 aromatic rings. The first-order valence-electron chi connectivity index (χ1n) is 6.02. The van der Waals surface area contributed by atoms with Gasteiger partial charge in [0.2, 0.25) is 0 Å². The number of ether oxygens (including phenoxy) is 2. The Bertz CT molecular complexity index is 450. The molecule has 0 atom stereocenters. The molecule has 104 valence electrons. The maximum absolute atomic E-state index is 12.0. The van der Waals surface area contributed by atoms with Gasteiger partial charge in [0.1, 0.15) is 5.75 Å².